The van der Waals surface area contributed by atoms with Crippen molar-refractivity contribution < 1.29 is 4.79 Å². The first kappa shape index (κ1) is 17.7. The predicted octanol–water partition coefficient (Wildman–Crippen LogP) is 2.74. The maximum atomic E-state index is 12.0. The summed E-state index contributed by atoms with van der Waals surface area (Å²) in [6, 6.07) is 0.330. The Bertz CT molecular complexity index is 228. The SMILES string of the molecule is CC(C)CCCC(C)NC(=O)C1CCNCC1.Cl. The molecule has 1 fully saturated rings. The molecule has 1 saturated heterocycles. The van der Waals surface area contributed by atoms with E-state index >= 15 is 0 Å². The molecule has 4 heteroatoms. The fourth-order valence-corrected chi connectivity index (χ4v) is 2.35. The summed E-state index contributed by atoms with van der Waals surface area (Å²) in [5.74, 6) is 1.27. The Kier molecular flexibility index (Phi) is 9.47. The smallest absolute Gasteiger partial charge is 0.223 e. The summed E-state index contributed by atoms with van der Waals surface area (Å²) in [6.07, 6.45) is 5.56. The van der Waals surface area contributed by atoms with Crippen molar-refractivity contribution in [1.29, 1.82) is 0 Å². The predicted molar refractivity (Wildman–Crippen MR) is 79.1 cm³/mol. The van der Waals surface area contributed by atoms with Crippen molar-refractivity contribution >= 4 is 18.3 Å². The minimum Gasteiger partial charge on any atom is -0.353 e. The molecule has 1 heterocycles. The molecular formula is C14H29ClN2O. The number of hydrogen-bond donors (Lipinski definition) is 2. The minimum absolute atomic E-state index is 0. The van der Waals surface area contributed by atoms with Gasteiger partial charge in [-0.05, 0) is 45.2 Å². The molecule has 1 rings (SSSR count). The third kappa shape index (κ3) is 7.22. The monoisotopic (exact) mass is 276 g/mol. The molecule has 1 amide bonds. The highest BCUT2D eigenvalue weighted by atomic mass is 35.5. The van der Waals surface area contributed by atoms with Gasteiger partial charge in [-0.2, -0.15) is 0 Å². The van der Waals surface area contributed by atoms with Crippen LogP contribution in [0.2, 0.25) is 0 Å². The van der Waals surface area contributed by atoms with Gasteiger partial charge < -0.3 is 10.6 Å². The van der Waals surface area contributed by atoms with Gasteiger partial charge in [0.25, 0.3) is 0 Å². The molecule has 1 aliphatic rings. The average molecular weight is 277 g/mol. The minimum atomic E-state index is 0. The van der Waals surface area contributed by atoms with Gasteiger partial charge in [-0.25, -0.2) is 0 Å². The summed E-state index contributed by atoms with van der Waals surface area (Å²) >= 11 is 0. The van der Waals surface area contributed by atoms with Gasteiger partial charge in [0.1, 0.15) is 0 Å². The maximum Gasteiger partial charge on any atom is 0.223 e. The number of carbonyl (C=O) groups is 1. The number of hydrogen-bond acceptors (Lipinski definition) is 2. The van der Waals surface area contributed by atoms with Crippen LogP contribution in [0.1, 0.15) is 52.9 Å². The Morgan fingerprint density at radius 2 is 1.83 bits per heavy atom. The largest absolute Gasteiger partial charge is 0.353 e. The van der Waals surface area contributed by atoms with E-state index in [0.29, 0.717) is 6.04 Å². The Labute approximate surface area is 118 Å². The molecule has 1 atom stereocenters. The zero-order valence-corrected chi connectivity index (χ0v) is 12.8. The fourth-order valence-electron chi connectivity index (χ4n) is 2.35. The van der Waals surface area contributed by atoms with Gasteiger partial charge in [0.2, 0.25) is 5.91 Å². The lowest BCUT2D eigenvalue weighted by Crippen LogP contribution is -2.41. The van der Waals surface area contributed by atoms with Crippen molar-refractivity contribution in [1.82, 2.24) is 10.6 Å². The molecule has 0 aromatic carbocycles. The third-order valence-electron chi connectivity index (χ3n) is 3.52. The Morgan fingerprint density at radius 1 is 1.22 bits per heavy atom. The Morgan fingerprint density at radius 3 is 2.39 bits per heavy atom. The molecule has 0 bridgehead atoms. The third-order valence-corrected chi connectivity index (χ3v) is 3.52. The van der Waals surface area contributed by atoms with E-state index in [1.54, 1.807) is 0 Å². The van der Waals surface area contributed by atoms with Crippen molar-refractivity contribution in [2.45, 2.75) is 58.9 Å². The molecule has 2 N–H and O–H groups in total. The van der Waals surface area contributed by atoms with Gasteiger partial charge in [-0.1, -0.05) is 26.7 Å². The first-order chi connectivity index (χ1) is 8.09. The van der Waals surface area contributed by atoms with E-state index in [1.807, 2.05) is 0 Å². The van der Waals surface area contributed by atoms with E-state index in [0.717, 1.165) is 38.3 Å². The van der Waals surface area contributed by atoms with Crippen LogP contribution in [0.5, 0.6) is 0 Å². The highest BCUT2D eigenvalue weighted by molar-refractivity contribution is 5.85. The van der Waals surface area contributed by atoms with Crippen LogP contribution in [0.3, 0.4) is 0 Å². The summed E-state index contributed by atoms with van der Waals surface area (Å²) in [6.45, 7) is 8.59. The standard InChI is InChI=1S/C14H28N2O.ClH/c1-11(2)5-4-6-12(3)16-14(17)13-7-9-15-10-8-13;/h11-13,15H,4-10H2,1-3H3,(H,16,17);1H. The normalized spacial score (nSPS) is 18.2. The van der Waals surface area contributed by atoms with E-state index < -0.39 is 0 Å². The second-order valence-electron chi connectivity index (χ2n) is 5.76. The molecule has 1 aliphatic heterocycles. The van der Waals surface area contributed by atoms with E-state index in [4.69, 9.17) is 0 Å². The van der Waals surface area contributed by atoms with Crippen LogP contribution in [-0.4, -0.2) is 25.0 Å². The lowest BCUT2D eigenvalue weighted by Gasteiger charge is -2.24. The second kappa shape index (κ2) is 9.62. The van der Waals surface area contributed by atoms with Crippen LogP contribution in [0, 0.1) is 11.8 Å². The van der Waals surface area contributed by atoms with Crippen molar-refractivity contribution in [3.8, 4) is 0 Å². The van der Waals surface area contributed by atoms with E-state index in [9.17, 15) is 4.79 Å². The van der Waals surface area contributed by atoms with Crippen LogP contribution in [0.4, 0.5) is 0 Å². The summed E-state index contributed by atoms with van der Waals surface area (Å²) in [7, 11) is 0. The van der Waals surface area contributed by atoms with Crippen LogP contribution < -0.4 is 10.6 Å². The van der Waals surface area contributed by atoms with Gasteiger partial charge in [-0.3, -0.25) is 4.79 Å². The Hall–Kier alpha value is -0.280. The van der Waals surface area contributed by atoms with E-state index in [2.05, 4.69) is 31.4 Å². The molecule has 0 aromatic rings. The molecule has 108 valence electrons. The first-order valence-electron chi connectivity index (χ1n) is 7.10. The number of carbonyl (C=O) groups excluding carboxylic acids is 1. The van der Waals surface area contributed by atoms with Crippen molar-refractivity contribution in [3.63, 3.8) is 0 Å². The highest BCUT2D eigenvalue weighted by Gasteiger charge is 2.21. The van der Waals surface area contributed by atoms with Gasteiger partial charge in [0.15, 0.2) is 0 Å². The zero-order valence-electron chi connectivity index (χ0n) is 12.0. The van der Waals surface area contributed by atoms with Gasteiger partial charge in [0.05, 0.1) is 0 Å². The quantitative estimate of drug-likeness (QED) is 0.783. The van der Waals surface area contributed by atoms with Crippen LogP contribution in [-0.2, 0) is 4.79 Å². The second-order valence-corrected chi connectivity index (χ2v) is 5.76. The van der Waals surface area contributed by atoms with Crippen molar-refractivity contribution in [2.24, 2.45) is 11.8 Å². The van der Waals surface area contributed by atoms with Crippen LogP contribution in [0.15, 0.2) is 0 Å². The topological polar surface area (TPSA) is 41.1 Å². The lowest BCUT2D eigenvalue weighted by molar-refractivity contribution is -0.126. The highest BCUT2D eigenvalue weighted by Crippen LogP contribution is 2.13. The molecule has 18 heavy (non-hydrogen) atoms. The lowest BCUT2D eigenvalue weighted by atomic mass is 9.96. The summed E-state index contributed by atoms with van der Waals surface area (Å²) in [5.41, 5.74) is 0. The molecule has 0 radical (unpaired) electrons. The van der Waals surface area contributed by atoms with E-state index in [-0.39, 0.29) is 24.2 Å². The number of rotatable bonds is 6. The van der Waals surface area contributed by atoms with Gasteiger partial charge in [0, 0.05) is 12.0 Å². The number of piperidine rings is 1. The van der Waals surface area contributed by atoms with Crippen molar-refractivity contribution in [3.05, 3.63) is 0 Å². The number of halogens is 1. The molecule has 1 unspecified atom stereocenters. The van der Waals surface area contributed by atoms with Gasteiger partial charge >= 0.3 is 0 Å². The van der Waals surface area contributed by atoms with Crippen LogP contribution >= 0.6 is 12.4 Å². The summed E-state index contributed by atoms with van der Waals surface area (Å²) < 4.78 is 0. The first-order valence-corrected chi connectivity index (χ1v) is 7.10. The average Bonchev–Trinajstić information content (AvgIpc) is 2.29. The van der Waals surface area contributed by atoms with Gasteiger partial charge in [-0.15, -0.1) is 12.4 Å². The number of nitrogens with one attached hydrogen (secondary N) is 2. The summed E-state index contributed by atoms with van der Waals surface area (Å²) in [5, 5.41) is 6.45. The molecule has 0 aromatic heterocycles. The fraction of sp³-hybridized carbons (Fsp3) is 0.929. The zero-order chi connectivity index (χ0) is 12.7. The maximum absolute atomic E-state index is 12.0. The number of amides is 1. The van der Waals surface area contributed by atoms with E-state index in [1.165, 1.54) is 12.8 Å². The summed E-state index contributed by atoms with van der Waals surface area (Å²) in [4.78, 5) is 12.0. The molecule has 3 nitrogen and oxygen atoms in total. The molecule has 0 aliphatic carbocycles. The molecular weight excluding hydrogens is 248 g/mol. The Balaban J connectivity index is 0.00000289. The molecule has 0 saturated carbocycles. The van der Waals surface area contributed by atoms with Crippen molar-refractivity contribution in [2.75, 3.05) is 13.1 Å². The molecule has 0 spiro atoms. The van der Waals surface area contributed by atoms with Crippen LogP contribution in [0.25, 0.3) is 0 Å².